The molecule has 0 aromatic carbocycles. The lowest BCUT2D eigenvalue weighted by Crippen LogP contribution is -2.43. The van der Waals surface area contributed by atoms with Crippen molar-refractivity contribution in [3.63, 3.8) is 0 Å². The molecular weight excluding hydrogens is 238 g/mol. The van der Waals surface area contributed by atoms with Gasteiger partial charge in [-0.2, -0.15) is 9.82 Å². The number of rotatable bonds is 5. The summed E-state index contributed by atoms with van der Waals surface area (Å²) in [5, 5.41) is 20.9. The quantitative estimate of drug-likeness (QED) is 0.563. The molecule has 0 aliphatic heterocycles. The van der Waals surface area contributed by atoms with Gasteiger partial charge in [-0.25, -0.2) is 8.42 Å². The molecule has 1 aromatic heterocycles. The van der Waals surface area contributed by atoms with Crippen molar-refractivity contribution in [2.75, 3.05) is 6.61 Å². The Morgan fingerprint density at radius 1 is 1.69 bits per heavy atom. The number of sulfonamides is 1. The highest BCUT2D eigenvalue weighted by Gasteiger charge is 2.25. The first-order valence-corrected chi connectivity index (χ1v) is 5.70. The summed E-state index contributed by atoms with van der Waals surface area (Å²) in [6, 6.07) is -1.56. The number of carbonyl (C=O) groups is 1. The van der Waals surface area contributed by atoms with Crippen LogP contribution in [0.25, 0.3) is 0 Å². The van der Waals surface area contributed by atoms with Crippen LogP contribution in [0.15, 0.2) is 17.3 Å². The number of aliphatic hydroxyl groups excluding tert-OH is 1. The fourth-order valence-corrected chi connectivity index (χ4v) is 2.12. The molecule has 0 saturated carbocycles. The molecule has 9 heteroatoms. The van der Waals surface area contributed by atoms with Gasteiger partial charge in [-0.15, -0.1) is 0 Å². The van der Waals surface area contributed by atoms with Gasteiger partial charge in [0.15, 0.2) is 0 Å². The van der Waals surface area contributed by atoms with E-state index in [0.717, 1.165) is 6.20 Å². The first-order chi connectivity index (χ1) is 7.36. The van der Waals surface area contributed by atoms with E-state index >= 15 is 0 Å². The minimum absolute atomic E-state index is 0.158. The molecule has 0 spiro atoms. The maximum atomic E-state index is 11.6. The Hall–Kier alpha value is -1.45. The maximum absolute atomic E-state index is 11.6. The van der Waals surface area contributed by atoms with E-state index in [1.54, 1.807) is 0 Å². The Bertz CT molecular complexity index is 480. The van der Waals surface area contributed by atoms with Crippen LogP contribution in [0.3, 0.4) is 0 Å². The molecule has 0 aliphatic carbocycles. The van der Waals surface area contributed by atoms with Gasteiger partial charge in [-0.3, -0.25) is 9.48 Å². The lowest BCUT2D eigenvalue weighted by atomic mass is 10.3. The number of nitrogens with zero attached hydrogens (tertiary/aromatic N) is 2. The molecule has 3 N–H and O–H groups in total. The average Bonchev–Trinajstić information content (AvgIpc) is 2.61. The molecule has 1 rings (SSSR count). The third-order valence-electron chi connectivity index (χ3n) is 1.77. The van der Waals surface area contributed by atoms with Crippen LogP contribution in [-0.4, -0.2) is 47.0 Å². The molecule has 90 valence electrons. The number of aliphatic carboxylic acids is 1. The largest absolute Gasteiger partial charge is 0.480 e. The van der Waals surface area contributed by atoms with E-state index in [1.807, 2.05) is 4.72 Å². The van der Waals surface area contributed by atoms with E-state index in [2.05, 4.69) is 5.10 Å². The Kier molecular flexibility index (Phi) is 3.62. The molecule has 0 unspecified atom stereocenters. The molecule has 1 aromatic rings. The SMILES string of the molecule is Cn1cc(S(=O)(=O)N[C@@H](CO)C(=O)O)cn1. The minimum atomic E-state index is -3.97. The summed E-state index contributed by atoms with van der Waals surface area (Å²) >= 11 is 0. The van der Waals surface area contributed by atoms with Gasteiger partial charge in [-0.05, 0) is 0 Å². The van der Waals surface area contributed by atoms with Crippen LogP contribution in [0.1, 0.15) is 0 Å². The molecule has 0 fully saturated rings. The van der Waals surface area contributed by atoms with Gasteiger partial charge in [0.25, 0.3) is 0 Å². The van der Waals surface area contributed by atoms with E-state index in [0.29, 0.717) is 0 Å². The molecule has 0 saturated heterocycles. The third-order valence-corrected chi connectivity index (χ3v) is 3.20. The van der Waals surface area contributed by atoms with Gasteiger partial charge in [0.1, 0.15) is 10.9 Å². The minimum Gasteiger partial charge on any atom is -0.480 e. The topological polar surface area (TPSA) is 122 Å². The first-order valence-electron chi connectivity index (χ1n) is 4.21. The Morgan fingerprint density at radius 3 is 2.69 bits per heavy atom. The number of aryl methyl sites for hydroxylation is 1. The predicted octanol–water partition coefficient (Wildman–Crippen LogP) is -1.86. The lowest BCUT2D eigenvalue weighted by molar-refractivity contribution is -0.139. The number of nitrogens with one attached hydrogen (secondary N) is 1. The van der Waals surface area contributed by atoms with Crippen molar-refractivity contribution < 1.29 is 23.4 Å². The molecule has 8 nitrogen and oxygen atoms in total. The summed E-state index contributed by atoms with van der Waals surface area (Å²) in [7, 11) is -2.44. The number of aliphatic hydroxyl groups is 1. The van der Waals surface area contributed by atoms with Crippen LogP contribution in [0.4, 0.5) is 0 Å². The van der Waals surface area contributed by atoms with E-state index < -0.39 is 28.6 Å². The first kappa shape index (κ1) is 12.6. The number of hydrogen-bond donors (Lipinski definition) is 3. The van der Waals surface area contributed by atoms with Gasteiger partial charge in [-0.1, -0.05) is 0 Å². The van der Waals surface area contributed by atoms with Crippen molar-refractivity contribution in [2.45, 2.75) is 10.9 Å². The summed E-state index contributed by atoms with van der Waals surface area (Å²) in [6.45, 7) is -0.825. The number of hydrogen-bond acceptors (Lipinski definition) is 5. The molecule has 1 heterocycles. The summed E-state index contributed by atoms with van der Waals surface area (Å²) < 4.78 is 26.3. The Balaban J connectivity index is 2.91. The van der Waals surface area contributed by atoms with Crippen LogP contribution in [0.2, 0.25) is 0 Å². The zero-order valence-corrected chi connectivity index (χ0v) is 9.18. The zero-order chi connectivity index (χ0) is 12.3. The normalized spacial score (nSPS) is 13.6. The van der Waals surface area contributed by atoms with Gasteiger partial charge in [0.05, 0.1) is 12.8 Å². The molecule has 0 aliphatic rings. The van der Waals surface area contributed by atoms with Gasteiger partial charge < -0.3 is 10.2 Å². The molecule has 0 amide bonds. The van der Waals surface area contributed by atoms with Crippen LogP contribution in [0.5, 0.6) is 0 Å². The van der Waals surface area contributed by atoms with Crippen LogP contribution >= 0.6 is 0 Å². The average molecular weight is 249 g/mol. The van der Waals surface area contributed by atoms with Crippen molar-refractivity contribution in [3.8, 4) is 0 Å². The second-order valence-electron chi connectivity index (χ2n) is 3.04. The fraction of sp³-hybridized carbons (Fsp3) is 0.429. The van der Waals surface area contributed by atoms with Crippen LogP contribution < -0.4 is 4.72 Å². The van der Waals surface area contributed by atoms with Crippen molar-refractivity contribution >= 4 is 16.0 Å². The van der Waals surface area contributed by atoms with E-state index in [9.17, 15) is 13.2 Å². The Labute approximate surface area is 91.6 Å². The molecule has 1 atom stereocenters. The fourth-order valence-electron chi connectivity index (χ4n) is 0.959. The van der Waals surface area contributed by atoms with Crippen molar-refractivity contribution in [3.05, 3.63) is 12.4 Å². The van der Waals surface area contributed by atoms with Crippen molar-refractivity contribution in [1.82, 2.24) is 14.5 Å². The lowest BCUT2D eigenvalue weighted by Gasteiger charge is -2.10. The molecule has 16 heavy (non-hydrogen) atoms. The Morgan fingerprint density at radius 2 is 2.31 bits per heavy atom. The molecular formula is C7H11N3O5S. The second-order valence-corrected chi connectivity index (χ2v) is 4.76. The molecule has 0 bridgehead atoms. The van der Waals surface area contributed by atoms with E-state index in [-0.39, 0.29) is 4.90 Å². The highest BCUT2D eigenvalue weighted by atomic mass is 32.2. The highest BCUT2D eigenvalue weighted by Crippen LogP contribution is 2.06. The van der Waals surface area contributed by atoms with Gasteiger partial charge in [0, 0.05) is 13.2 Å². The van der Waals surface area contributed by atoms with E-state index in [4.69, 9.17) is 10.2 Å². The smallest absolute Gasteiger partial charge is 0.324 e. The molecule has 0 radical (unpaired) electrons. The highest BCUT2D eigenvalue weighted by molar-refractivity contribution is 7.89. The predicted molar refractivity (Wildman–Crippen MR) is 52.0 cm³/mol. The zero-order valence-electron chi connectivity index (χ0n) is 8.36. The number of aromatic nitrogens is 2. The summed E-state index contributed by atoms with van der Waals surface area (Å²) in [4.78, 5) is 10.4. The number of carboxylic acid groups (broad SMARTS) is 1. The van der Waals surface area contributed by atoms with E-state index in [1.165, 1.54) is 17.9 Å². The van der Waals surface area contributed by atoms with Gasteiger partial charge in [0.2, 0.25) is 10.0 Å². The number of carboxylic acids is 1. The standard InChI is InChI=1S/C7H11N3O5S/c1-10-3-5(2-8-10)16(14,15)9-6(4-11)7(12)13/h2-3,6,9,11H,4H2,1H3,(H,12,13)/t6-/m0/s1. The monoisotopic (exact) mass is 249 g/mol. The van der Waals surface area contributed by atoms with Crippen molar-refractivity contribution in [1.29, 1.82) is 0 Å². The second kappa shape index (κ2) is 4.60. The van der Waals surface area contributed by atoms with Crippen LogP contribution in [-0.2, 0) is 21.9 Å². The summed E-state index contributed by atoms with van der Waals surface area (Å²) in [5.41, 5.74) is 0. The summed E-state index contributed by atoms with van der Waals surface area (Å²) in [5.74, 6) is -1.45. The van der Waals surface area contributed by atoms with Crippen molar-refractivity contribution in [2.24, 2.45) is 7.05 Å². The summed E-state index contributed by atoms with van der Waals surface area (Å²) in [6.07, 6.45) is 2.30. The maximum Gasteiger partial charge on any atom is 0.324 e. The van der Waals surface area contributed by atoms with Crippen LogP contribution in [0, 0.1) is 0 Å². The van der Waals surface area contributed by atoms with Gasteiger partial charge >= 0.3 is 5.97 Å². The third kappa shape index (κ3) is 2.78.